The quantitative estimate of drug-likeness (QED) is 0.860. The summed E-state index contributed by atoms with van der Waals surface area (Å²) < 4.78 is 20.7. The number of benzene rings is 1. The number of rotatable bonds is 3. The molecule has 0 spiro atoms. The van der Waals surface area contributed by atoms with E-state index in [0.717, 1.165) is 17.7 Å². The first-order chi connectivity index (χ1) is 11.7. The SMILES string of the molecule is O=C(CCc1ccc(F)cc1)N1CC[C@H]2OCc3cnnn3[C@H]2C1. The van der Waals surface area contributed by atoms with Gasteiger partial charge in [0.2, 0.25) is 5.91 Å². The molecule has 126 valence electrons. The maximum atomic E-state index is 12.9. The summed E-state index contributed by atoms with van der Waals surface area (Å²) in [5.41, 5.74) is 1.93. The molecule has 24 heavy (non-hydrogen) atoms. The molecule has 2 aliphatic heterocycles. The molecule has 1 aromatic heterocycles. The Bertz CT molecular complexity index is 730. The second kappa shape index (κ2) is 6.32. The van der Waals surface area contributed by atoms with Gasteiger partial charge < -0.3 is 9.64 Å². The third kappa shape index (κ3) is 2.91. The molecule has 2 aliphatic rings. The van der Waals surface area contributed by atoms with Gasteiger partial charge in [0.15, 0.2) is 0 Å². The molecule has 1 amide bonds. The van der Waals surface area contributed by atoms with E-state index < -0.39 is 0 Å². The number of likely N-dealkylation sites (tertiary alicyclic amines) is 1. The van der Waals surface area contributed by atoms with Gasteiger partial charge in [-0.25, -0.2) is 9.07 Å². The molecule has 0 aliphatic carbocycles. The van der Waals surface area contributed by atoms with E-state index >= 15 is 0 Å². The Kier molecular flexibility index (Phi) is 4.02. The molecule has 1 saturated heterocycles. The van der Waals surface area contributed by atoms with E-state index in [0.29, 0.717) is 32.5 Å². The lowest BCUT2D eigenvalue weighted by molar-refractivity contribution is -0.138. The molecule has 0 unspecified atom stereocenters. The predicted octanol–water partition coefficient (Wildman–Crippen LogP) is 1.72. The molecule has 6 nitrogen and oxygen atoms in total. The largest absolute Gasteiger partial charge is 0.370 e. The molecule has 2 aromatic rings. The second-order valence-corrected chi connectivity index (χ2v) is 6.34. The van der Waals surface area contributed by atoms with Gasteiger partial charge in [-0.15, -0.1) is 5.10 Å². The fraction of sp³-hybridized carbons (Fsp3) is 0.471. The molecule has 0 saturated carbocycles. The van der Waals surface area contributed by atoms with E-state index in [1.807, 2.05) is 9.58 Å². The number of aromatic nitrogens is 3. The number of aryl methyl sites for hydroxylation is 1. The van der Waals surface area contributed by atoms with Gasteiger partial charge in [0, 0.05) is 19.5 Å². The van der Waals surface area contributed by atoms with Crippen molar-refractivity contribution in [1.82, 2.24) is 19.9 Å². The summed E-state index contributed by atoms with van der Waals surface area (Å²) in [5.74, 6) is -0.141. The van der Waals surface area contributed by atoms with Gasteiger partial charge in [-0.05, 0) is 30.5 Å². The van der Waals surface area contributed by atoms with Gasteiger partial charge in [-0.2, -0.15) is 0 Å². The van der Waals surface area contributed by atoms with Crippen LogP contribution in [0.25, 0.3) is 0 Å². The zero-order chi connectivity index (χ0) is 16.5. The average molecular weight is 330 g/mol. The molecular weight excluding hydrogens is 311 g/mol. The monoisotopic (exact) mass is 330 g/mol. The van der Waals surface area contributed by atoms with Crippen LogP contribution in [-0.2, 0) is 22.6 Å². The number of amides is 1. The van der Waals surface area contributed by atoms with Crippen molar-refractivity contribution in [2.45, 2.75) is 38.0 Å². The van der Waals surface area contributed by atoms with E-state index in [2.05, 4.69) is 10.3 Å². The number of carbonyl (C=O) groups is 1. The van der Waals surface area contributed by atoms with Gasteiger partial charge in [0.05, 0.1) is 30.6 Å². The summed E-state index contributed by atoms with van der Waals surface area (Å²) in [6.07, 6.45) is 3.67. The Morgan fingerprint density at radius 1 is 1.33 bits per heavy atom. The van der Waals surface area contributed by atoms with Gasteiger partial charge in [-0.3, -0.25) is 4.79 Å². The highest BCUT2D eigenvalue weighted by molar-refractivity contribution is 5.76. The number of ether oxygens (including phenoxy) is 1. The highest BCUT2D eigenvalue weighted by Gasteiger charge is 2.37. The van der Waals surface area contributed by atoms with Crippen LogP contribution in [0.2, 0.25) is 0 Å². The van der Waals surface area contributed by atoms with Crippen molar-refractivity contribution in [3.8, 4) is 0 Å². The summed E-state index contributed by atoms with van der Waals surface area (Å²) in [4.78, 5) is 14.4. The number of halogens is 1. The number of hydrogen-bond donors (Lipinski definition) is 0. The minimum absolute atomic E-state index is 0.0415. The van der Waals surface area contributed by atoms with Crippen molar-refractivity contribution in [2.24, 2.45) is 0 Å². The summed E-state index contributed by atoms with van der Waals surface area (Å²) >= 11 is 0. The fourth-order valence-electron chi connectivity index (χ4n) is 3.47. The van der Waals surface area contributed by atoms with Crippen molar-refractivity contribution >= 4 is 5.91 Å². The van der Waals surface area contributed by atoms with E-state index in [-0.39, 0.29) is 23.9 Å². The standard InChI is InChI=1S/C17H19FN4O2/c18-13-4-1-12(2-5-13)3-6-17(23)21-8-7-16-15(10-21)22-14(11-24-16)9-19-20-22/h1-2,4-5,9,15-16H,3,6-8,10-11H2/t15-,16+/m0/s1. The van der Waals surface area contributed by atoms with Crippen LogP contribution in [0.4, 0.5) is 4.39 Å². The van der Waals surface area contributed by atoms with E-state index in [1.54, 1.807) is 18.3 Å². The highest BCUT2D eigenvalue weighted by Crippen LogP contribution is 2.30. The third-order valence-electron chi connectivity index (χ3n) is 4.82. The van der Waals surface area contributed by atoms with Crippen LogP contribution in [0, 0.1) is 5.82 Å². The maximum absolute atomic E-state index is 12.9. The lowest BCUT2D eigenvalue weighted by Gasteiger charge is -2.41. The average Bonchev–Trinajstić information content (AvgIpc) is 3.09. The summed E-state index contributed by atoms with van der Waals surface area (Å²) in [6, 6.07) is 6.35. The smallest absolute Gasteiger partial charge is 0.222 e. The normalized spacial score (nSPS) is 22.8. The van der Waals surface area contributed by atoms with Crippen molar-refractivity contribution in [1.29, 1.82) is 0 Å². The molecular formula is C17H19FN4O2. The number of fused-ring (bicyclic) bond motifs is 3. The third-order valence-corrected chi connectivity index (χ3v) is 4.82. The minimum Gasteiger partial charge on any atom is -0.370 e. The van der Waals surface area contributed by atoms with Crippen LogP contribution in [0.15, 0.2) is 30.5 Å². The van der Waals surface area contributed by atoms with Crippen molar-refractivity contribution in [3.63, 3.8) is 0 Å². The molecule has 1 aromatic carbocycles. The highest BCUT2D eigenvalue weighted by atomic mass is 19.1. The van der Waals surface area contributed by atoms with E-state index in [4.69, 9.17) is 4.74 Å². The van der Waals surface area contributed by atoms with Crippen LogP contribution < -0.4 is 0 Å². The number of piperidine rings is 1. The fourth-order valence-corrected chi connectivity index (χ4v) is 3.47. The molecule has 0 radical (unpaired) electrons. The van der Waals surface area contributed by atoms with Crippen LogP contribution in [0.3, 0.4) is 0 Å². The number of hydrogen-bond acceptors (Lipinski definition) is 4. The van der Waals surface area contributed by atoms with Gasteiger partial charge in [0.25, 0.3) is 0 Å². The minimum atomic E-state index is -0.256. The molecule has 2 atom stereocenters. The lowest BCUT2D eigenvalue weighted by Crippen LogP contribution is -2.49. The van der Waals surface area contributed by atoms with Crippen molar-refractivity contribution in [2.75, 3.05) is 13.1 Å². The Balaban J connectivity index is 1.39. The zero-order valence-electron chi connectivity index (χ0n) is 13.3. The first-order valence-corrected chi connectivity index (χ1v) is 8.23. The molecule has 3 heterocycles. The Morgan fingerprint density at radius 2 is 2.17 bits per heavy atom. The molecule has 1 fully saturated rings. The van der Waals surface area contributed by atoms with Crippen LogP contribution in [0.5, 0.6) is 0 Å². The van der Waals surface area contributed by atoms with Gasteiger partial charge >= 0.3 is 0 Å². The molecule has 0 bridgehead atoms. The summed E-state index contributed by atoms with van der Waals surface area (Å²) in [5, 5.41) is 8.10. The Hall–Kier alpha value is -2.28. The van der Waals surface area contributed by atoms with Crippen LogP contribution >= 0.6 is 0 Å². The van der Waals surface area contributed by atoms with E-state index in [1.165, 1.54) is 12.1 Å². The van der Waals surface area contributed by atoms with Crippen LogP contribution in [-0.4, -0.2) is 45.0 Å². The lowest BCUT2D eigenvalue weighted by atomic mass is 9.99. The first-order valence-electron chi connectivity index (χ1n) is 8.23. The van der Waals surface area contributed by atoms with Crippen molar-refractivity contribution < 1.29 is 13.9 Å². The molecule has 0 N–H and O–H groups in total. The number of carbonyl (C=O) groups excluding carboxylic acids is 1. The summed E-state index contributed by atoms with van der Waals surface area (Å²) in [7, 11) is 0. The van der Waals surface area contributed by atoms with Gasteiger partial charge in [-0.1, -0.05) is 17.3 Å². The molecule has 4 rings (SSSR count). The predicted molar refractivity (Wildman–Crippen MR) is 83.6 cm³/mol. The van der Waals surface area contributed by atoms with Crippen molar-refractivity contribution in [3.05, 3.63) is 47.5 Å². The van der Waals surface area contributed by atoms with Gasteiger partial charge in [0.1, 0.15) is 5.82 Å². The van der Waals surface area contributed by atoms with E-state index in [9.17, 15) is 9.18 Å². The topological polar surface area (TPSA) is 60.3 Å². The zero-order valence-corrected chi connectivity index (χ0v) is 13.3. The first kappa shape index (κ1) is 15.3. The molecule has 7 heteroatoms. The summed E-state index contributed by atoms with van der Waals surface area (Å²) in [6.45, 7) is 1.84. The van der Waals surface area contributed by atoms with Crippen LogP contribution in [0.1, 0.15) is 30.1 Å². The Labute approximate surface area is 139 Å². The second-order valence-electron chi connectivity index (χ2n) is 6.34. The Morgan fingerprint density at radius 3 is 3.00 bits per heavy atom. The number of nitrogens with zero attached hydrogens (tertiary/aromatic N) is 4. The maximum Gasteiger partial charge on any atom is 0.222 e.